The van der Waals surface area contributed by atoms with Crippen molar-refractivity contribution in [1.29, 1.82) is 0 Å². The third-order valence-electron chi connectivity index (χ3n) is 4.04. The number of aliphatic hydroxyl groups is 1. The van der Waals surface area contributed by atoms with Crippen LogP contribution in [0.15, 0.2) is 34.9 Å². The van der Waals surface area contributed by atoms with Gasteiger partial charge in [-0.05, 0) is 50.6 Å². The van der Waals surface area contributed by atoms with E-state index in [9.17, 15) is 9.50 Å². The quantitative estimate of drug-likeness (QED) is 0.887. The van der Waals surface area contributed by atoms with E-state index in [1.807, 2.05) is 13.0 Å². The number of hydrogen-bond donors (Lipinski definition) is 1. The molecule has 1 saturated heterocycles. The topological polar surface area (TPSA) is 58.7 Å². The van der Waals surface area contributed by atoms with Gasteiger partial charge in [0.05, 0.1) is 11.7 Å². The van der Waals surface area contributed by atoms with Gasteiger partial charge in [-0.3, -0.25) is 4.90 Å². The van der Waals surface area contributed by atoms with Gasteiger partial charge in [0.15, 0.2) is 5.76 Å². The van der Waals surface area contributed by atoms with E-state index in [0.717, 1.165) is 30.8 Å². The largest absolute Gasteiger partial charge is 0.491 e. The third kappa shape index (κ3) is 4.09. The summed E-state index contributed by atoms with van der Waals surface area (Å²) in [6.07, 6.45) is 1.44. The average Bonchev–Trinajstić information content (AvgIpc) is 3.15. The molecule has 2 heterocycles. The molecule has 2 aromatic rings. The lowest BCUT2D eigenvalue weighted by Crippen LogP contribution is -2.35. The van der Waals surface area contributed by atoms with Crippen molar-refractivity contribution in [3.8, 4) is 5.75 Å². The predicted octanol–water partition coefficient (Wildman–Crippen LogP) is 2.70. The maximum Gasteiger partial charge on any atom is 0.154 e. The molecule has 124 valence electrons. The van der Waals surface area contributed by atoms with Gasteiger partial charge in [-0.1, -0.05) is 5.16 Å². The van der Waals surface area contributed by atoms with Crippen LogP contribution in [0.3, 0.4) is 0 Å². The number of nitrogens with zero attached hydrogens (tertiary/aromatic N) is 2. The Hall–Kier alpha value is -1.92. The van der Waals surface area contributed by atoms with Gasteiger partial charge in [0.2, 0.25) is 0 Å². The minimum absolute atomic E-state index is 0.164. The Morgan fingerprint density at radius 1 is 1.43 bits per heavy atom. The van der Waals surface area contributed by atoms with Crippen LogP contribution >= 0.6 is 0 Å². The number of aliphatic hydroxyl groups excluding tert-OH is 1. The molecule has 1 aliphatic rings. The summed E-state index contributed by atoms with van der Waals surface area (Å²) >= 11 is 0. The van der Waals surface area contributed by atoms with Crippen molar-refractivity contribution >= 4 is 0 Å². The lowest BCUT2D eigenvalue weighted by atomic mass is 10.1. The van der Waals surface area contributed by atoms with Gasteiger partial charge in [0.25, 0.3) is 0 Å². The van der Waals surface area contributed by atoms with Crippen LogP contribution in [0.4, 0.5) is 4.39 Å². The van der Waals surface area contributed by atoms with Crippen LogP contribution < -0.4 is 4.74 Å². The maximum absolute atomic E-state index is 12.8. The molecule has 2 atom stereocenters. The van der Waals surface area contributed by atoms with Crippen LogP contribution in [0.2, 0.25) is 0 Å². The third-order valence-corrected chi connectivity index (χ3v) is 4.04. The molecule has 5 nitrogen and oxygen atoms in total. The van der Waals surface area contributed by atoms with Gasteiger partial charge in [0.1, 0.15) is 24.3 Å². The molecule has 0 spiro atoms. The Morgan fingerprint density at radius 3 is 2.91 bits per heavy atom. The zero-order valence-electron chi connectivity index (χ0n) is 13.1. The molecular weight excluding hydrogens is 299 g/mol. The lowest BCUT2D eigenvalue weighted by molar-refractivity contribution is 0.0597. The fourth-order valence-corrected chi connectivity index (χ4v) is 2.95. The first-order chi connectivity index (χ1) is 11.1. The van der Waals surface area contributed by atoms with Gasteiger partial charge in [-0.25, -0.2) is 4.39 Å². The van der Waals surface area contributed by atoms with E-state index in [4.69, 9.17) is 9.26 Å². The van der Waals surface area contributed by atoms with Crippen LogP contribution in [-0.2, 0) is 0 Å². The molecule has 0 radical (unpaired) electrons. The minimum Gasteiger partial charge on any atom is -0.491 e. The summed E-state index contributed by atoms with van der Waals surface area (Å²) in [5, 5.41) is 14.1. The highest BCUT2D eigenvalue weighted by atomic mass is 19.1. The molecule has 1 aliphatic heterocycles. The zero-order chi connectivity index (χ0) is 16.2. The highest BCUT2D eigenvalue weighted by molar-refractivity contribution is 5.22. The molecule has 0 bridgehead atoms. The van der Waals surface area contributed by atoms with E-state index < -0.39 is 6.10 Å². The summed E-state index contributed by atoms with van der Waals surface area (Å²) in [6.45, 7) is 3.49. The van der Waals surface area contributed by atoms with Crippen molar-refractivity contribution in [3.05, 3.63) is 47.6 Å². The van der Waals surface area contributed by atoms with Gasteiger partial charge >= 0.3 is 0 Å². The molecule has 1 aromatic heterocycles. The van der Waals surface area contributed by atoms with Crippen LogP contribution in [-0.4, -0.2) is 41.0 Å². The van der Waals surface area contributed by atoms with Gasteiger partial charge < -0.3 is 14.4 Å². The van der Waals surface area contributed by atoms with Crippen LogP contribution in [0, 0.1) is 12.7 Å². The predicted molar refractivity (Wildman–Crippen MR) is 82.7 cm³/mol. The fourth-order valence-electron chi connectivity index (χ4n) is 2.95. The van der Waals surface area contributed by atoms with E-state index >= 15 is 0 Å². The Morgan fingerprint density at radius 2 is 2.22 bits per heavy atom. The van der Waals surface area contributed by atoms with E-state index in [2.05, 4.69) is 10.1 Å². The first-order valence-electron chi connectivity index (χ1n) is 7.85. The molecule has 0 saturated carbocycles. The van der Waals surface area contributed by atoms with Crippen molar-refractivity contribution in [2.75, 3.05) is 19.7 Å². The van der Waals surface area contributed by atoms with Crippen molar-refractivity contribution in [2.45, 2.75) is 31.9 Å². The normalized spacial score (nSPS) is 19.9. The number of aryl methyl sites for hydroxylation is 1. The zero-order valence-corrected chi connectivity index (χ0v) is 13.1. The van der Waals surface area contributed by atoms with E-state index in [0.29, 0.717) is 12.3 Å². The smallest absolute Gasteiger partial charge is 0.154 e. The molecule has 3 rings (SSSR count). The molecular formula is C17H21FN2O3. The summed E-state index contributed by atoms with van der Waals surface area (Å²) in [7, 11) is 0. The molecule has 1 aromatic carbocycles. The second-order valence-corrected chi connectivity index (χ2v) is 5.94. The molecule has 0 unspecified atom stereocenters. The number of ether oxygens (including phenoxy) is 1. The number of β-amino-alcohol motifs (C(OH)–C–C–N with tert-alkyl or cyclic N) is 1. The number of rotatable bonds is 6. The SMILES string of the molecule is Cc1cc([C@H]2CCCN2C[C@H](O)COc2ccc(F)cc2)on1. The standard InChI is InChI=1S/C17H21FN2O3/c1-12-9-17(23-19-12)16-3-2-8-20(16)10-14(21)11-22-15-6-4-13(18)5-7-15/h4-7,9,14,16,21H,2-3,8,10-11H2,1H3/t14-,16+/m0/s1. The Bertz CT molecular complexity index is 629. The summed E-state index contributed by atoms with van der Waals surface area (Å²) < 4.78 is 23.7. The molecule has 1 N–H and O–H groups in total. The lowest BCUT2D eigenvalue weighted by Gasteiger charge is -2.25. The number of hydrogen-bond acceptors (Lipinski definition) is 5. The Labute approximate surface area is 134 Å². The second kappa shape index (κ2) is 7.10. The molecule has 0 amide bonds. The van der Waals surface area contributed by atoms with Crippen molar-refractivity contribution < 1.29 is 18.8 Å². The number of halogens is 1. The number of aromatic nitrogens is 1. The van der Waals surface area contributed by atoms with Gasteiger partial charge in [-0.15, -0.1) is 0 Å². The van der Waals surface area contributed by atoms with E-state index in [-0.39, 0.29) is 18.5 Å². The summed E-state index contributed by atoms with van der Waals surface area (Å²) in [6, 6.07) is 7.90. The fraction of sp³-hybridized carbons (Fsp3) is 0.471. The Balaban J connectivity index is 1.52. The number of likely N-dealkylation sites (tertiary alicyclic amines) is 1. The second-order valence-electron chi connectivity index (χ2n) is 5.94. The maximum atomic E-state index is 12.8. The molecule has 23 heavy (non-hydrogen) atoms. The summed E-state index contributed by atoms with van der Waals surface area (Å²) in [4.78, 5) is 2.19. The molecule has 0 aliphatic carbocycles. The molecule has 6 heteroatoms. The van der Waals surface area contributed by atoms with Crippen LogP contribution in [0.5, 0.6) is 5.75 Å². The average molecular weight is 320 g/mol. The Kier molecular flexibility index (Phi) is 4.93. The minimum atomic E-state index is -0.621. The van der Waals surface area contributed by atoms with E-state index in [1.165, 1.54) is 12.1 Å². The first kappa shape index (κ1) is 16.0. The first-order valence-corrected chi connectivity index (χ1v) is 7.85. The van der Waals surface area contributed by atoms with Crippen molar-refractivity contribution in [1.82, 2.24) is 10.1 Å². The monoisotopic (exact) mass is 320 g/mol. The van der Waals surface area contributed by atoms with Gasteiger partial charge in [0, 0.05) is 12.6 Å². The van der Waals surface area contributed by atoms with Crippen LogP contribution in [0.25, 0.3) is 0 Å². The highest BCUT2D eigenvalue weighted by Gasteiger charge is 2.30. The molecule has 1 fully saturated rings. The van der Waals surface area contributed by atoms with Gasteiger partial charge in [-0.2, -0.15) is 0 Å². The summed E-state index contributed by atoms with van der Waals surface area (Å²) in [5.41, 5.74) is 0.868. The van der Waals surface area contributed by atoms with Crippen molar-refractivity contribution in [3.63, 3.8) is 0 Å². The number of benzene rings is 1. The van der Waals surface area contributed by atoms with Crippen LogP contribution in [0.1, 0.15) is 30.3 Å². The summed E-state index contributed by atoms with van der Waals surface area (Å²) in [5.74, 6) is 1.10. The highest BCUT2D eigenvalue weighted by Crippen LogP contribution is 2.32. The van der Waals surface area contributed by atoms with Crippen molar-refractivity contribution in [2.24, 2.45) is 0 Å². The van der Waals surface area contributed by atoms with E-state index in [1.54, 1.807) is 12.1 Å².